The highest BCUT2D eigenvalue weighted by Crippen LogP contribution is 2.18. The van der Waals surface area contributed by atoms with Gasteiger partial charge >= 0.3 is 5.97 Å². The van der Waals surface area contributed by atoms with Gasteiger partial charge in [-0.1, -0.05) is 71.9 Å². The number of nitrogens with one attached hydrogen (secondary N) is 8. The van der Waals surface area contributed by atoms with Gasteiger partial charge in [0.1, 0.15) is 30.2 Å². The minimum Gasteiger partial charge on any atom is -0.480 e. The van der Waals surface area contributed by atoms with Gasteiger partial charge in [-0.3, -0.25) is 38.5 Å². The Labute approximate surface area is 404 Å². The first-order valence-electron chi connectivity index (χ1n) is 23.6. The van der Waals surface area contributed by atoms with Gasteiger partial charge < -0.3 is 58.1 Å². The molecule has 0 bridgehead atoms. The van der Waals surface area contributed by atoms with E-state index in [1.165, 1.54) is 6.92 Å². The predicted octanol–water partition coefficient (Wildman–Crippen LogP) is 1.06. The number of aromatic nitrogens is 1. The molecule has 20 nitrogen and oxygen atoms in total. The first-order chi connectivity index (χ1) is 32.6. The molecule has 0 aliphatic carbocycles. The van der Waals surface area contributed by atoms with Crippen LogP contribution in [-0.2, 0) is 46.5 Å². The zero-order valence-electron chi connectivity index (χ0n) is 41.1. The third-order valence-electron chi connectivity index (χ3n) is 11.2. The monoisotopic (exact) mass is 963 g/mol. The van der Waals surface area contributed by atoms with Crippen molar-refractivity contribution in [2.24, 2.45) is 23.5 Å². The van der Waals surface area contributed by atoms with Crippen LogP contribution in [0.1, 0.15) is 96.1 Å². The number of aliphatic hydroxyl groups is 1. The van der Waals surface area contributed by atoms with Crippen molar-refractivity contribution in [3.63, 3.8) is 0 Å². The van der Waals surface area contributed by atoms with Crippen LogP contribution in [0.15, 0.2) is 54.7 Å². The Bertz CT molecular complexity index is 2210. The van der Waals surface area contributed by atoms with Crippen LogP contribution in [0.25, 0.3) is 10.9 Å². The molecule has 20 heteroatoms. The smallest absolute Gasteiger partial charge is 0.326 e. The zero-order valence-corrected chi connectivity index (χ0v) is 41.1. The minimum atomic E-state index is -1.50. The maximum atomic E-state index is 13.6. The number of nitrogens with zero attached hydrogens (tertiary/aromatic N) is 1. The number of hydrogen-bond donors (Lipinski definition) is 11. The second kappa shape index (κ2) is 28.2. The van der Waals surface area contributed by atoms with E-state index >= 15 is 0 Å². The molecule has 6 atom stereocenters. The highest BCUT2D eigenvalue weighted by molar-refractivity contribution is 5.99. The molecule has 1 aromatic heterocycles. The molecular weight excluding hydrogens is 889 g/mol. The molecule has 0 aliphatic rings. The van der Waals surface area contributed by atoms with Crippen LogP contribution in [0.4, 0.5) is 0 Å². The molecule has 3 rings (SSSR count). The van der Waals surface area contributed by atoms with E-state index in [0.717, 1.165) is 16.5 Å². The molecule has 0 fully saturated rings. The van der Waals surface area contributed by atoms with Gasteiger partial charge in [0.2, 0.25) is 35.4 Å². The lowest BCUT2D eigenvalue weighted by atomic mass is 10.0. The van der Waals surface area contributed by atoms with Crippen LogP contribution in [0.5, 0.6) is 0 Å². The third-order valence-corrected chi connectivity index (χ3v) is 11.2. The van der Waals surface area contributed by atoms with Crippen molar-refractivity contribution in [2.45, 2.75) is 124 Å². The summed E-state index contributed by atoms with van der Waals surface area (Å²) in [6, 6.07) is 8.74. The molecule has 3 aromatic rings. The summed E-state index contributed by atoms with van der Waals surface area (Å²) in [6.07, 6.45) is 1.75. The lowest BCUT2D eigenvalue weighted by molar-refractivity contribution is -0.144. The lowest BCUT2D eigenvalue weighted by Crippen LogP contribution is -2.59. The Balaban J connectivity index is 1.67. The fourth-order valence-corrected chi connectivity index (χ4v) is 7.50. The van der Waals surface area contributed by atoms with E-state index < -0.39 is 77.7 Å². The van der Waals surface area contributed by atoms with Crippen molar-refractivity contribution >= 4 is 58.2 Å². The number of aliphatic hydroxyl groups excluding tert-OH is 1. The first-order valence-corrected chi connectivity index (χ1v) is 23.6. The second-order valence-electron chi connectivity index (χ2n) is 18.6. The van der Waals surface area contributed by atoms with Gasteiger partial charge in [-0.2, -0.15) is 0 Å². The molecule has 0 spiro atoms. The van der Waals surface area contributed by atoms with Crippen molar-refractivity contribution in [2.75, 3.05) is 32.7 Å². The van der Waals surface area contributed by atoms with Gasteiger partial charge in [-0.05, 0) is 80.2 Å². The maximum absolute atomic E-state index is 13.6. The Hall–Kier alpha value is -6.38. The van der Waals surface area contributed by atoms with Gasteiger partial charge in [-0.25, -0.2) is 4.79 Å². The van der Waals surface area contributed by atoms with Crippen molar-refractivity contribution in [1.29, 1.82) is 0 Å². The number of fused-ring (bicyclic) bond motifs is 1. The Morgan fingerprint density at radius 3 is 1.96 bits per heavy atom. The molecule has 2 aromatic carbocycles. The average Bonchev–Trinajstić information content (AvgIpc) is 3.70. The fourth-order valence-electron chi connectivity index (χ4n) is 7.50. The van der Waals surface area contributed by atoms with Gasteiger partial charge in [-0.15, -0.1) is 0 Å². The quantitative estimate of drug-likeness (QED) is 0.0466. The number of carboxylic acids is 1. The van der Waals surface area contributed by atoms with E-state index in [-0.39, 0.29) is 74.8 Å². The molecular formula is C49H74N10O10. The molecule has 7 amide bonds. The molecule has 1 heterocycles. The van der Waals surface area contributed by atoms with Crippen LogP contribution in [-0.4, -0.2) is 136 Å². The van der Waals surface area contributed by atoms with E-state index in [1.54, 1.807) is 45.0 Å². The fraction of sp³-hybridized carbons (Fsp3) is 0.551. The SMILES string of the molecule is CC(C)C[C@H](NC(=O)CCN)C(=O)N[C@@H](C)C(=O)NCCN(CCc1c[nH]c2ccccc12)CC(=O)NCc1cccc(C(=O)N[C@@H](CC(C)C)C(=O)N[C@H](C(=O)N[C@H](C(=O)O)C(C)C)[C@@H](C)O)c1. The topological polar surface area (TPSA) is 306 Å². The highest BCUT2D eigenvalue weighted by atomic mass is 16.4. The van der Waals surface area contributed by atoms with E-state index in [2.05, 4.69) is 42.2 Å². The minimum absolute atomic E-state index is 0.0318. The van der Waals surface area contributed by atoms with Crippen molar-refractivity contribution < 1.29 is 48.6 Å². The number of rotatable bonds is 29. The third kappa shape index (κ3) is 19.3. The number of nitrogens with two attached hydrogens (primary N) is 1. The Kier molecular flexibility index (Phi) is 23.3. The first kappa shape index (κ1) is 56.9. The van der Waals surface area contributed by atoms with Crippen LogP contribution < -0.4 is 43.0 Å². The van der Waals surface area contributed by atoms with E-state index in [9.17, 15) is 48.6 Å². The number of benzene rings is 2. The standard InChI is InChI=1S/C49H74N10O10/c1-28(2)22-38(55-40(61)16-18-50)46(65)54-31(7)44(63)51-19-21-59(20-17-35-26-52-37-15-10-9-14-36(35)37)27-41(62)53-25-33-12-11-13-34(24-33)45(64)56-39(23-29(3)4)47(66)58-43(32(8)60)48(67)57-42(30(5)6)49(68)69/h9-15,24,26,28-32,38-39,42-43,52,60H,16-23,25,27,50H2,1-8H3,(H,51,63)(H,53,62)(H,54,65)(H,55,61)(H,56,64)(H,57,67)(H,58,66)(H,68,69)/t31-,32+,38-,39-,42-,43-/m0/s1. The summed E-state index contributed by atoms with van der Waals surface area (Å²) >= 11 is 0. The summed E-state index contributed by atoms with van der Waals surface area (Å²) in [7, 11) is 0. The number of hydrogen-bond acceptors (Lipinski definition) is 11. The highest BCUT2D eigenvalue weighted by Gasteiger charge is 2.34. The van der Waals surface area contributed by atoms with E-state index in [1.807, 2.05) is 63.1 Å². The number of aliphatic carboxylic acids is 1. The van der Waals surface area contributed by atoms with Crippen molar-refractivity contribution in [3.05, 3.63) is 71.4 Å². The second-order valence-corrected chi connectivity index (χ2v) is 18.6. The van der Waals surface area contributed by atoms with Gasteiger partial charge in [0.05, 0.1) is 12.6 Å². The number of amides is 7. The van der Waals surface area contributed by atoms with E-state index in [0.29, 0.717) is 24.9 Å². The van der Waals surface area contributed by atoms with Crippen LogP contribution in [0.3, 0.4) is 0 Å². The van der Waals surface area contributed by atoms with E-state index in [4.69, 9.17) is 5.73 Å². The molecule has 0 radical (unpaired) electrons. The summed E-state index contributed by atoms with van der Waals surface area (Å²) < 4.78 is 0. The molecule has 380 valence electrons. The zero-order chi connectivity index (χ0) is 51.4. The molecule has 12 N–H and O–H groups in total. The molecule has 0 unspecified atom stereocenters. The number of carbonyl (C=O) groups excluding carboxylic acids is 7. The predicted molar refractivity (Wildman–Crippen MR) is 261 cm³/mol. The van der Waals surface area contributed by atoms with Crippen molar-refractivity contribution in [3.8, 4) is 0 Å². The molecule has 0 aliphatic heterocycles. The maximum Gasteiger partial charge on any atom is 0.326 e. The number of carbonyl (C=O) groups is 8. The Morgan fingerprint density at radius 2 is 1.33 bits per heavy atom. The summed E-state index contributed by atoms with van der Waals surface area (Å²) in [5, 5.41) is 39.7. The summed E-state index contributed by atoms with van der Waals surface area (Å²) in [4.78, 5) is 109. The average molecular weight is 963 g/mol. The summed E-state index contributed by atoms with van der Waals surface area (Å²) in [5.74, 6) is -5.56. The van der Waals surface area contributed by atoms with Crippen LogP contribution >= 0.6 is 0 Å². The molecule has 0 saturated carbocycles. The van der Waals surface area contributed by atoms with Crippen molar-refractivity contribution in [1.82, 2.24) is 47.1 Å². The summed E-state index contributed by atoms with van der Waals surface area (Å²) in [6.45, 7) is 14.7. The number of para-hydroxylation sites is 1. The van der Waals surface area contributed by atoms with Gasteiger partial charge in [0.15, 0.2) is 0 Å². The van der Waals surface area contributed by atoms with Crippen LogP contribution in [0.2, 0.25) is 0 Å². The number of H-pyrrole nitrogens is 1. The normalized spacial score (nSPS) is 14.1. The van der Waals surface area contributed by atoms with Gasteiger partial charge in [0.25, 0.3) is 5.91 Å². The number of carboxylic acid groups (broad SMARTS) is 1. The molecule has 69 heavy (non-hydrogen) atoms. The lowest BCUT2D eigenvalue weighted by Gasteiger charge is -2.27. The van der Waals surface area contributed by atoms with Gasteiger partial charge in [0, 0.05) is 61.8 Å². The Morgan fingerprint density at radius 1 is 0.696 bits per heavy atom. The van der Waals surface area contributed by atoms with Crippen LogP contribution in [0, 0.1) is 17.8 Å². The summed E-state index contributed by atoms with van der Waals surface area (Å²) in [5.41, 5.74) is 8.32. The molecule has 0 saturated heterocycles. The largest absolute Gasteiger partial charge is 0.480 e. The number of aromatic amines is 1.